The molecular weight excluding hydrogens is 470 g/mol. The molecule has 0 radical (unpaired) electrons. The van der Waals surface area contributed by atoms with Gasteiger partial charge in [-0.15, -0.1) is 10.2 Å². The van der Waals surface area contributed by atoms with Crippen LogP contribution in [0.4, 0.5) is 0 Å². The van der Waals surface area contributed by atoms with Crippen molar-refractivity contribution < 1.29 is 19.5 Å². The second kappa shape index (κ2) is 8.78. The molecule has 1 amide bonds. The number of carboxylic acid groups (broad SMARTS) is 1. The van der Waals surface area contributed by atoms with E-state index in [4.69, 9.17) is 10.8 Å². The summed E-state index contributed by atoms with van der Waals surface area (Å²) in [6, 6.07) is 4.82. The molecule has 31 heavy (non-hydrogen) atoms. The highest BCUT2D eigenvalue weighted by molar-refractivity contribution is 9.10. The lowest BCUT2D eigenvalue weighted by Gasteiger charge is -2.13. The number of tetrazole rings is 1. The average molecular weight is 490 g/mol. The number of carbonyl (C=O) groups is 3. The number of hydrogen-bond donors (Lipinski definition) is 4. The number of ketones is 1. The van der Waals surface area contributed by atoms with E-state index >= 15 is 0 Å². The smallest absolute Gasteiger partial charge is 0.322 e. The molecule has 0 aliphatic carbocycles. The van der Waals surface area contributed by atoms with Crippen LogP contribution in [0, 0.1) is 6.92 Å². The van der Waals surface area contributed by atoms with Gasteiger partial charge in [-0.25, -0.2) is 0 Å². The summed E-state index contributed by atoms with van der Waals surface area (Å²) in [4.78, 5) is 40.8. The summed E-state index contributed by atoms with van der Waals surface area (Å²) < 4.78 is 0.724. The lowest BCUT2D eigenvalue weighted by atomic mass is 9.99. The van der Waals surface area contributed by atoms with Crippen molar-refractivity contribution in [2.24, 2.45) is 5.73 Å². The maximum Gasteiger partial charge on any atom is 0.322 e. The van der Waals surface area contributed by atoms with Gasteiger partial charge in [-0.1, -0.05) is 28.1 Å². The summed E-state index contributed by atoms with van der Waals surface area (Å²) in [5.74, 6) is -1.94. The fourth-order valence-electron chi connectivity index (χ4n) is 3.02. The molecule has 0 saturated carbocycles. The SMILES string of the molecule is CNC(=O)c1[nH]c(-c2nnn(C(C)C(N)C(=O)O)n2)c(C)c1C(=O)c1cccc(Br)c1. The van der Waals surface area contributed by atoms with E-state index in [1.165, 1.54) is 7.05 Å². The number of amides is 1. The van der Waals surface area contributed by atoms with Crippen LogP contribution < -0.4 is 11.1 Å². The number of aliphatic carboxylic acids is 1. The van der Waals surface area contributed by atoms with Gasteiger partial charge in [0.1, 0.15) is 11.7 Å². The van der Waals surface area contributed by atoms with Crippen LogP contribution in [-0.4, -0.2) is 61.0 Å². The van der Waals surface area contributed by atoms with E-state index in [9.17, 15) is 14.4 Å². The third-order valence-electron chi connectivity index (χ3n) is 4.84. The second-order valence-corrected chi connectivity index (χ2v) is 7.75. The fraction of sp³-hybridized carbons (Fsp3) is 0.263. The Morgan fingerprint density at radius 1 is 1.32 bits per heavy atom. The highest BCUT2D eigenvalue weighted by Crippen LogP contribution is 2.28. The highest BCUT2D eigenvalue weighted by atomic mass is 79.9. The molecule has 5 N–H and O–H groups in total. The molecule has 2 aromatic heterocycles. The van der Waals surface area contributed by atoms with Gasteiger partial charge in [0.15, 0.2) is 5.78 Å². The molecule has 0 saturated heterocycles. The van der Waals surface area contributed by atoms with Crippen molar-refractivity contribution in [2.75, 3.05) is 7.05 Å². The number of aromatic amines is 1. The standard InChI is InChI=1S/C19H20BrN7O4/c1-8-12(16(28)10-5-4-6-11(20)7-10)15(18(29)22-3)23-14(8)17-24-26-27(25-17)9(2)13(21)19(30)31/h4-7,9,13,23H,21H2,1-3H3,(H,22,29)(H,30,31). The van der Waals surface area contributed by atoms with Crippen molar-refractivity contribution in [1.29, 1.82) is 0 Å². The Morgan fingerprint density at radius 2 is 2.03 bits per heavy atom. The van der Waals surface area contributed by atoms with Crippen molar-refractivity contribution in [2.45, 2.75) is 25.9 Å². The van der Waals surface area contributed by atoms with Crippen LogP contribution in [0.15, 0.2) is 28.7 Å². The van der Waals surface area contributed by atoms with Crippen LogP contribution in [0.3, 0.4) is 0 Å². The second-order valence-electron chi connectivity index (χ2n) is 6.83. The third-order valence-corrected chi connectivity index (χ3v) is 5.33. The Morgan fingerprint density at radius 3 is 2.65 bits per heavy atom. The number of nitrogens with two attached hydrogens (primary N) is 1. The van der Waals surface area contributed by atoms with Crippen molar-refractivity contribution in [3.63, 3.8) is 0 Å². The normalized spacial score (nSPS) is 12.9. The van der Waals surface area contributed by atoms with Crippen LogP contribution in [-0.2, 0) is 4.79 Å². The number of hydrogen-bond acceptors (Lipinski definition) is 7. The van der Waals surface area contributed by atoms with E-state index in [0.717, 1.165) is 9.27 Å². The van der Waals surface area contributed by atoms with E-state index < -0.39 is 24.0 Å². The Hall–Kier alpha value is -3.38. The van der Waals surface area contributed by atoms with Crippen molar-refractivity contribution >= 4 is 33.6 Å². The summed E-state index contributed by atoms with van der Waals surface area (Å²) in [5.41, 5.74) is 7.05. The molecule has 0 fully saturated rings. The molecule has 2 atom stereocenters. The van der Waals surface area contributed by atoms with Gasteiger partial charge in [0.2, 0.25) is 5.82 Å². The molecule has 1 aromatic carbocycles. The molecule has 3 rings (SSSR count). The molecule has 162 valence electrons. The van der Waals surface area contributed by atoms with Crippen molar-refractivity contribution in [1.82, 2.24) is 30.5 Å². The molecule has 11 nitrogen and oxygen atoms in total. The summed E-state index contributed by atoms with van der Waals surface area (Å²) >= 11 is 3.34. The number of carbonyl (C=O) groups excluding carboxylic acids is 2. The summed E-state index contributed by atoms with van der Waals surface area (Å²) in [7, 11) is 1.45. The predicted molar refractivity (Wildman–Crippen MR) is 114 cm³/mol. The summed E-state index contributed by atoms with van der Waals surface area (Å²) in [6.07, 6.45) is 0. The van der Waals surface area contributed by atoms with Crippen molar-refractivity contribution in [3.8, 4) is 11.5 Å². The summed E-state index contributed by atoms with van der Waals surface area (Å²) in [6.45, 7) is 3.21. The van der Waals surface area contributed by atoms with Gasteiger partial charge < -0.3 is 21.1 Å². The molecule has 0 aliphatic heterocycles. The van der Waals surface area contributed by atoms with Gasteiger partial charge in [-0.05, 0) is 36.8 Å². The quantitative estimate of drug-likeness (QED) is 0.359. The van der Waals surface area contributed by atoms with Crippen LogP contribution in [0.1, 0.15) is 44.9 Å². The molecule has 3 aromatic rings. The molecule has 12 heteroatoms. The van der Waals surface area contributed by atoms with Crippen LogP contribution in [0.25, 0.3) is 11.5 Å². The minimum atomic E-state index is -1.23. The molecule has 0 spiro atoms. The first-order valence-corrected chi connectivity index (χ1v) is 9.98. The largest absolute Gasteiger partial charge is 0.480 e. The first kappa shape index (κ1) is 22.3. The number of rotatable bonds is 7. The van der Waals surface area contributed by atoms with Crippen LogP contribution >= 0.6 is 15.9 Å². The first-order valence-electron chi connectivity index (χ1n) is 9.18. The van der Waals surface area contributed by atoms with Crippen LogP contribution in [0.5, 0.6) is 0 Å². The molecule has 2 heterocycles. The van der Waals surface area contributed by atoms with Gasteiger partial charge in [0, 0.05) is 17.1 Å². The lowest BCUT2D eigenvalue weighted by molar-refractivity contribution is -0.139. The Balaban J connectivity index is 2.09. The topological polar surface area (TPSA) is 169 Å². The number of benzene rings is 1. The Bertz CT molecular complexity index is 1170. The highest BCUT2D eigenvalue weighted by Gasteiger charge is 2.29. The maximum absolute atomic E-state index is 13.2. The number of halogens is 1. The summed E-state index contributed by atoms with van der Waals surface area (Å²) in [5, 5.41) is 23.6. The van der Waals surface area contributed by atoms with E-state index in [0.29, 0.717) is 16.8 Å². The van der Waals surface area contributed by atoms with Crippen LogP contribution in [0.2, 0.25) is 0 Å². The van der Waals surface area contributed by atoms with Gasteiger partial charge >= 0.3 is 5.97 Å². The molecule has 2 unspecified atom stereocenters. The van der Waals surface area contributed by atoms with Gasteiger partial charge in [0.05, 0.1) is 17.3 Å². The number of H-pyrrole nitrogens is 1. The Labute approximate surface area is 185 Å². The van der Waals surface area contributed by atoms with Gasteiger partial charge in [0.25, 0.3) is 5.91 Å². The van der Waals surface area contributed by atoms with E-state index in [-0.39, 0.29) is 22.9 Å². The molecule has 0 bridgehead atoms. The number of carboxylic acids is 1. The molecule has 0 aliphatic rings. The third kappa shape index (κ3) is 4.25. The lowest BCUT2D eigenvalue weighted by Crippen LogP contribution is -2.38. The van der Waals surface area contributed by atoms with E-state index in [2.05, 4.69) is 41.6 Å². The zero-order valence-corrected chi connectivity index (χ0v) is 18.5. The number of aromatic nitrogens is 5. The average Bonchev–Trinajstić information content (AvgIpc) is 3.36. The molecular formula is C19H20BrN7O4. The number of nitrogens with zero attached hydrogens (tertiary/aromatic N) is 4. The first-order chi connectivity index (χ1) is 14.6. The van der Waals surface area contributed by atoms with Gasteiger partial charge in [-0.2, -0.15) is 4.80 Å². The zero-order chi connectivity index (χ0) is 22.9. The maximum atomic E-state index is 13.2. The van der Waals surface area contributed by atoms with Crippen molar-refractivity contribution in [3.05, 3.63) is 51.1 Å². The number of nitrogens with one attached hydrogen (secondary N) is 2. The van der Waals surface area contributed by atoms with E-state index in [1.54, 1.807) is 38.1 Å². The monoisotopic (exact) mass is 489 g/mol. The predicted octanol–water partition coefficient (Wildman–Crippen LogP) is 1.30. The minimum Gasteiger partial charge on any atom is -0.480 e. The fourth-order valence-corrected chi connectivity index (χ4v) is 3.42. The minimum absolute atomic E-state index is 0.0617. The zero-order valence-electron chi connectivity index (χ0n) is 16.9. The van der Waals surface area contributed by atoms with Gasteiger partial charge in [-0.3, -0.25) is 14.4 Å². The Kier molecular flexibility index (Phi) is 6.32. The van der Waals surface area contributed by atoms with E-state index in [1.807, 2.05) is 0 Å².